The third-order valence-electron chi connectivity index (χ3n) is 3.25. The summed E-state index contributed by atoms with van der Waals surface area (Å²) >= 11 is 1.41. The van der Waals surface area contributed by atoms with Gasteiger partial charge in [0.05, 0.1) is 6.61 Å². The Hall–Kier alpha value is -2.41. The second kappa shape index (κ2) is 9.02. The van der Waals surface area contributed by atoms with Gasteiger partial charge in [-0.1, -0.05) is 0 Å². The van der Waals surface area contributed by atoms with Crippen LogP contribution in [0.2, 0.25) is 0 Å². The van der Waals surface area contributed by atoms with E-state index in [1.807, 2.05) is 31.2 Å². The summed E-state index contributed by atoms with van der Waals surface area (Å²) in [6.45, 7) is 3.00. The van der Waals surface area contributed by atoms with E-state index < -0.39 is 5.97 Å². The van der Waals surface area contributed by atoms with Gasteiger partial charge in [-0.2, -0.15) is 0 Å². The van der Waals surface area contributed by atoms with Crippen LogP contribution in [-0.2, 0) is 4.79 Å². The van der Waals surface area contributed by atoms with Gasteiger partial charge in [0.2, 0.25) is 0 Å². The van der Waals surface area contributed by atoms with E-state index in [2.05, 4.69) is 10.3 Å². The molecule has 2 N–H and O–H groups in total. The summed E-state index contributed by atoms with van der Waals surface area (Å²) in [5, 5.41) is 13.8. The van der Waals surface area contributed by atoms with E-state index in [4.69, 9.17) is 9.84 Å². The van der Waals surface area contributed by atoms with Gasteiger partial charge in [-0.05, 0) is 44.0 Å². The molecule has 0 saturated heterocycles. The number of carboxylic acids is 1. The zero-order valence-electron chi connectivity index (χ0n) is 13.4. The third-order valence-corrected chi connectivity index (χ3v) is 4.14. The molecule has 0 aliphatic carbocycles. The summed E-state index contributed by atoms with van der Waals surface area (Å²) < 4.78 is 5.40. The van der Waals surface area contributed by atoms with E-state index in [1.54, 1.807) is 5.38 Å². The second-order valence-electron chi connectivity index (χ2n) is 5.10. The topological polar surface area (TPSA) is 88.5 Å². The molecule has 6 nitrogen and oxygen atoms in total. The number of thiazole rings is 1. The van der Waals surface area contributed by atoms with E-state index in [-0.39, 0.29) is 12.3 Å². The number of amides is 1. The van der Waals surface area contributed by atoms with Crippen molar-refractivity contribution in [3.05, 3.63) is 35.3 Å². The van der Waals surface area contributed by atoms with Gasteiger partial charge < -0.3 is 15.2 Å². The molecule has 7 heteroatoms. The molecule has 0 unspecified atom stereocenters. The first kappa shape index (κ1) is 17.9. The first-order chi connectivity index (χ1) is 11.6. The van der Waals surface area contributed by atoms with Gasteiger partial charge in [-0.15, -0.1) is 11.3 Å². The molecule has 0 aliphatic heterocycles. The first-order valence-electron chi connectivity index (χ1n) is 7.79. The summed E-state index contributed by atoms with van der Waals surface area (Å²) in [5.41, 5.74) is 1.31. The number of carbonyl (C=O) groups excluding carboxylic acids is 1. The Labute approximate surface area is 144 Å². The number of benzene rings is 1. The predicted molar refractivity (Wildman–Crippen MR) is 92.5 cm³/mol. The van der Waals surface area contributed by atoms with Crippen LogP contribution in [0.25, 0.3) is 10.6 Å². The molecule has 0 fully saturated rings. The average Bonchev–Trinajstić information content (AvgIpc) is 3.05. The Morgan fingerprint density at radius 1 is 1.25 bits per heavy atom. The summed E-state index contributed by atoms with van der Waals surface area (Å²) in [4.78, 5) is 26.8. The number of carbonyl (C=O) groups is 2. The summed E-state index contributed by atoms with van der Waals surface area (Å²) in [6.07, 6.45) is 1.30. The molecular formula is C17H20N2O4S. The molecule has 0 spiro atoms. The van der Waals surface area contributed by atoms with Crippen molar-refractivity contribution in [2.24, 2.45) is 0 Å². The van der Waals surface area contributed by atoms with E-state index in [1.165, 1.54) is 11.3 Å². The largest absolute Gasteiger partial charge is 0.494 e. The van der Waals surface area contributed by atoms with Crippen LogP contribution in [0.1, 0.15) is 36.7 Å². The van der Waals surface area contributed by atoms with Crippen LogP contribution in [-0.4, -0.2) is 35.1 Å². The van der Waals surface area contributed by atoms with Gasteiger partial charge >= 0.3 is 5.97 Å². The van der Waals surface area contributed by atoms with Crippen molar-refractivity contribution in [3.8, 4) is 16.3 Å². The van der Waals surface area contributed by atoms with E-state index in [9.17, 15) is 9.59 Å². The van der Waals surface area contributed by atoms with E-state index in [0.29, 0.717) is 31.7 Å². The van der Waals surface area contributed by atoms with Gasteiger partial charge in [-0.3, -0.25) is 9.59 Å². The molecule has 0 bridgehead atoms. The van der Waals surface area contributed by atoms with Gasteiger partial charge in [-0.25, -0.2) is 4.98 Å². The SMILES string of the molecule is CCOc1ccc(-c2nc(C(=O)NCCCCC(=O)O)cs2)cc1. The second-order valence-corrected chi connectivity index (χ2v) is 5.96. The molecule has 128 valence electrons. The Balaban J connectivity index is 1.87. The summed E-state index contributed by atoms with van der Waals surface area (Å²) in [7, 11) is 0. The normalized spacial score (nSPS) is 10.4. The smallest absolute Gasteiger partial charge is 0.303 e. The number of aromatic nitrogens is 1. The Morgan fingerprint density at radius 3 is 2.67 bits per heavy atom. The zero-order chi connectivity index (χ0) is 17.4. The van der Waals surface area contributed by atoms with Crippen molar-refractivity contribution in [2.75, 3.05) is 13.2 Å². The molecule has 0 saturated carbocycles. The number of nitrogens with zero attached hydrogens (tertiary/aromatic N) is 1. The number of unbranched alkanes of at least 4 members (excludes halogenated alkanes) is 1. The number of carboxylic acid groups (broad SMARTS) is 1. The van der Waals surface area contributed by atoms with Crippen LogP contribution in [0.3, 0.4) is 0 Å². The fourth-order valence-corrected chi connectivity index (χ4v) is 2.87. The quantitative estimate of drug-likeness (QED) is 0.679. The van der Waals surface area contributed by atoms with Crippen LogP contribution in [0, 0.1) is 0 Å². The molecule has 0 radical (unpaired) electrons. The third kappa shape index (κ3) is 5.34. The van der Waals surface area contributed by atoms with E-state index in [0.717, 1.165) is 16.3 Å². The first-order valence-corrected chi connectivity index (χ1v) is 8.67. The Kier molecular flexibility index (Phi) is 6.74. The van der Waals surface area contributed by atoms with Crippen LogP contribution in [0.5, 0.6) is 5.75 Å². The molecule has 2 rings (SSSR count). The highest BCUT2D eigenvalue weighted by Crippen LogP contribution is 2.25. The lowest BCUT2D eigenvalue weighted by molar-refractivity contribution is -0.137. The lowest BCUT2D eigenvalue weighted by Gasteiger charge is -2.03. The van der Waals surface area contributed by atoms with Crippen molar-refractivity contribution in [1.82, 2.24) is 10.3 Å². The number of hydrogen-bond donors (Lipinski definition) is 2. The maximum Gasteiger partial charge on any atom is 0.303 e. The van der Waals surface area contributed by atoms with Crippen LogP contribution in [0.15, 0.2) is 29.6 Å². The number of nitrogens with one attached hydrogen (secondary N) is 1. The van der Waals surface area contributed by atoms with Crippen molar-refractivity contribution in [2.45, 2.75) is 26.2 Å². The predicted octanol–water partition coefficient (Wildman–Crippen LogP) is 3.19. The standard InChI is InChI=1S/C17H20N2O4S/c1-2-23-13-8-6-12(7-9-13)17-19-14(11-24-17)16(22)18-10-4-3-5-15(20)21/h6-9,11H,2-5,10H2,1H3,(H,18,22)(H,20,21). The summed E-state index contributed by atoms with van der Waals surface area (Å²) in [5.74, 6) is -0.253. The van der Waals surface area contributed by atoms with Crippen LogP contribution >= 0.6 is 11.3 Å². The van der Waals surface area contributed by atoms with Crippen molar-refractivity contribution in [3.63, 3.8) is 0 Å². The average molecular weight is 348 g/mol. The maximum absolute atomic E-state index is 12.0. The molecule has 1 amide bonds. The maximum atomic E-state index is 12.0. The highest BCUT2D eigenvalue weighted by molar-refractivity contribution is 7.13. The molecular weight excluding hydrogens is 328 g/mol. The molecule has 1 aromatic heterocycles. The minimum absolute atomic E-state index is 0.120. The molecule has 2 aromatic rings. The number of hydrogen-bond acceptors (Lipinski definition) is 5. The van der Waals surface area contributed by atoms with Gasteiger partial charge in [0.25, 0.3) is 5.91 Å². The molecule has 1 heterocycles. The molecule has 1 aromatic carbocycles. The molecule has 0 atom stereocenters. The van der Waals surface area contributed by atoms with Crippen molar-refractivity contribution >= 4 is 23.2 Å². The minimum Gasteiger partial charge on any atom is -0.494 e. The van der Waals surface area contributed by atoms with Crippen LogP contribution < -0.4 is 10.1 Å². The van der Waals surface area contributed by atoms with Crippen molar-refractivity contribution < 1.29 is 19.4 Å². The number of ether oxygens (including phenoxy) is 1. The highest BCUT2D eigenvalue weighted by Gasteiger charge is 2.11. The van der Waals surface area contributed by atoms with Gasteiger partial charge in [0, 0.05) is 23.9 Å². The molecule has 24 heavy (non-hydrogen) atoms. The molecule has 0 aliphatic rings. The summed E-state index contributed by atoms with van der Waals surface area (Å²) in [6, 6.07) is 7.58. The van der Waals surface area contributed by atoms with E-state index >= 15 is 0 Å². The zero-order valence-corrected chi connectivity index (χ0v) is 14.3. The number of aliphatic carboxylic acids is 1. The van der Waals surface area contributed by atoms with Gasteiger partial charge in [0.1, 0.15) is 16.5 Å². The Bertz CT molecular complexity index is 682. The van der Waals surface area contributed by atoms with Crippen molar-refractivity contribution in [1.29, 1.82) is 0 Å². The lowest BCUT2D eigenvalue weighted by atomic mass is 10.2. The number of rotatable bonds is 9. The lowest BCUT2D eigenvalue weighted by Crippen LogP contribution is -2.24. The van der Waals surface area contributed by atoms with Crippen LogP contribution in [0.4, 0.5) is 0 Å². The fraction of sp³-hybridized carbons (Fsp3) is 0.353. The Morgan fingerprint density at radius 2 is 2.00 bits per heavy atom. The van der Waals surface area contributed by atoms with Gasteiger partial charge in [0.15, 0.2) is 0 Å². The minimum atomic E-state index is -0.819. The monoisotopic (exact) mass is 348 g/mol. The highest BCUT2D eigenvalue weighted by atomic mass is 32.1. The fourth-order valence-electron chi connectivity index (χ4n) is 2.06.